The van der Waals surface area contributed by atoms with E-state index in [2.05, 4.69) is 40.7 Å². The minimum absolute atomic E-state index is 0.169. The third kappa shape index (κ3) is 2.85. The largest absolute Gasteiger partial charge is 0.496 e. The highest BCUT2D eigenvalue weighted by Gasteiger charge is 2.38. The smallest absolute Gasteiger partial charge is 0.191 e. The number of ether oxygens (including phenoxy) is 1. The van der Waals surface area contributed by atoms with Gasteiger partial charge < -0.3 is 15.4 Å². The molecule has 1 aliphatic carbocycles. The first kappa shape index (κ1) is 14.2. The second-order valence-corrected chi connectivity index (χ2v) is 6.28. The SMILES string of the molecule is COc1ccccc1C1(CNC2=NCC(C)N2)CCCC1. The zero-order valence-electron chi connectivity index (χ0n) is 13.0. The van der Waals surface area contributed by atoms with Crippen LogP contribution in [0.4, 0.5) is 0 Å². The molecule has 0 saturated heterocycles. The van der Waals surface area contributed by atoms with Gasteiger partial charge in [-0.25, -0.2) is 0 Å². The van der Waals surface area contributed by atoms with Crippen molar-refractivity contribution in [3.8, 4) is 5.75 Å². The predicted molar refractivity (Wildman–Crippen MR) is 86.0 cm³/mol. The number of rotatable bonds is 4. The number of guanidine groups is 1. The van der Waals surface area contributed by atoms with E-state index in [-0.39, 0.29) is 5.41 Å². The summed E-state index contributed by atoms with van der Waals surface area (Å²) >= 11 is 0. The molecule has 0 aromatic heterocycles. The third-order valence-corrected chi connectivity index (χ3v) is 4.74. The van der Waals surface area contributed by atoms with Crippen LogP contribution in [-0.4, -0.2) is 32.2 Å². The molecule has 1 unspecified atom stereocenters. The Morgan fingerprint density at radius 2 is 2.10 bits per heavy atom. The molecule has 1 saturated carbocycles. The van der Waals surface area contributed by atoms with E-state index in [1.807, 2.05) is 6.07 Å². The van der Waals surface area contributed by atoms with Crippen molar-refractivity contribution in [1.82, 2.24) is 10.6 Å². The second kappa shape index (κ2) is 5.96. The van der Waals surface area contributed by atoms with Gasteiger partial charge in [-0.2, -0.15) is 0 Å². The number of benzene rings is 1. The highest BCUT2D eigenvalue weighted by atomic mass is 16.5. The fraction of sp³-hybridized carbons (Fsp3) is 0.588. The highest BCUT2D eigenvalue weighted by Crippen LogP contribution is 2.44. The summed E-state index contributed by atoms with van der Waals surface area (Å²) in [5, 5.41) is 6.91. The summed E-state index contributed by atoms with van der Waals surface area (Å²) in [6.45, 7) is 3.94. The van der Waals surface area contributed by atoms with Gasteiger partial charge in [-0.05, 0) is 25.8 Å². The molecular weight excluding hydrogens is 262 g/mol. The molecule has 21 heavy (non-hydrogen) atoms. The number of methoxy groups -OCH3 is 1. The van der Waals surface area contributed by atoms with E-state index in [9.17, 15) is 0 Å². The maximum atomic E-state index is 5.60. The van der Waals surface area contributed by atoms with Crippen LogP contribution < -0.4 is 15.4 Å². The summed E-state index contributed by atoms with van der Waals surface area (Å²) < 4.78 is 5.60. The van der Waals surface area contributed by atoms with Crippen LogP contribution in [0.2, 0.25) is 0 Å². The molecule has 1 aliphatic heterocycles. The van der Waals surface area contributed by atoms with Crippen LogP contribution in [0.3, 0.4) is 0 Å². The predicted octanol–water partition coefficient (Wildman–Crippen LogP) is 2.44. The van der Waals surface area contributed by atoms with Gasteiger partial charge in [0.15, 0.2) is 5.96 Å². The van der Waals surface area contributed by atoms with Crippen molar-refractivity contribution in [2.24, 2.45) is 4.99 Å². The number of hydrogen-bond acceptors (Lipinski definition) is 4. The van der Waals surface area contributed by atoms with E-state index >= 15 is 0 Å². The van der Waals surface area contributed by atoms with Crippen LogP contribution in [-0.2, 0) is 5.41 Å². The van der Waals surface area contributed by atoms with E-state index in [0.29, 0.717) is 6.04 Å². The molecule has 1 heterocycles. The molecule has 0 bridgehead atoms. The molecular formula is C17H25N3O. The van der Waals surface area contributed by atoms with Crippen molar-refractivity contribution < 1.29 is 4.74 Å². The minimum atomic E-state index is 0.169. The summed E-state index contributed by atoms with van der Waals surface area (Å²) in [7, 11) is 1.76. The Labute approximate surface area is 127 Å². The minimum Gasteiger partial charge on any atom is -0.496 e. The molecule has 4 nitrogen and oxygen atoms in total. The van der Waals surface area contributed by atoms with Gasteiger partial charge in [-0.15, -0.1) is 0 Å². The van der Waals surface area contributed by atoms with Crippen molar-refractivity contribution in [3.63, 3.8) is 0 Å². The Balaban J connectivity index is 1.79. The summed E-state index contributed by atoms with van der Waals surface area (Å²) in [6.07, 6.45) is 5.00. The van der Waals surface area contributed by atoms with E-state index in [0.717, 1.165) is 24.8 Å². The quantitative estimate of drug-likeness (QED) is 0.894. The van der Waals surface area contributed by atoms with Crippen molar-refractivity contribution >= 4 is 5.96 Å². The molecule has 0 spiro atoms. The van der Waals surface area contributed by atoms with Gasteiger partial charge in [-0.3, -0.25) is 4.99 Å². The number of aliphatic imine (C=N–C) groups is 1. The monoisotopic (exact) mass is 287 g/mol. The van der Waals surface area contributed by atoms with Crippen LogP contribution in [0, 0.1) is 0 Å². The Morgan fingerprint density at radius 3 is 2.76 bits per heavy atom. The van der Waals surface area contributed by atoms with Gasteiger partial charge in [-0.1, -0.05) is 31.0 Å². The van der Waals surface area contributed by atoms with Crippen LogP contribution >= 0.6 is 0 Å². The molecule has 0 amide bonds. The lowest BCUT2D eigenvalue weighted by Crippen LogP contribution is -2.44. The molecule has 114 valence electrons. The molecule has 1 atom stereocenters. The van der Waals surface area contributed by atoms with Gasteiger partial charge in [0, 0.05) is 23.6 Å². The van der Waals surface area contributed by atoms with Gasteiger partial charge in [0.1, 0.15) is 5.75 Å². The van der Waals surface area contributed by atoms with Gasteiger partial charge >= 0.3 is 0 Å². The maximum absolute atomic E-state index is 5.60. The lowest BCUT2D eigenvalue weighted by Gasteiger charge is -2.31. The molecule has 1 aromatic carbocycles. The van der Waals surface area contributed by atoms with Gasteiger partial charge in [0.25, 0.3) is 0 Å². The molecule has 1 fully saturated rings. The average Bonchev–Trinajstić information content (AvgIpc) is 3.15. The first-order chi connectivity index (χ1) is 10.2. The van der Waals surface area contributed by atoms with Crippen LogP contribution in [0.1, 0.15) is 38.2 Å². The molecule has 4 heteroatoms. The average molecular weight is 287 g/mol. The van der Waals surface area contributed by atoms with Gasteiger partial charge in [0.2, 0.25) is 0 Å². The Kier molecular flexibility index (Phi) is 4.04. The standard InChI is InChI=1S/C17H25N3O/c1-13-11-18-16(20-13)19-12-17(9-5-6-10-17)14-7-3-4-8-15(14)21-2/h3-4,7-8,13H,5-6,9-12H2,1-2H3,(H2,18,19,20). The Morgan fingerprint density at radius 1 is 1.33 bits per heavy atom. The lowest BCUT2D eigenvalue weighted by molar-refractivity contribution is 0.371. The number of hydrogen-bond donors (Lipinski definition) is 2. The fourth-order valence-corrected chi connectivity index (χ4v) is 3.59. The van der Waals surface area contributed by atoms with Crippen LogP contribution in [0.15, 0.2) is 29.3 Å². The van der Waals surface area contributed by atoms with E-state index in [4.69, 9.17) is 4.74 Å². The Hall–Kier alpha value is -1.71. The fourth-order valence-electron chi connectivity index (χ4n) is 3.59. The van der Waals surface area contributed by atoms with Crippen molar-refractivity contribution in [2.45, 2.75) is 44.1 Å². The third-order valence-electron chi connectivity index (χ3n) is 4.74. The first-order valence-corrected chi connectivity index (χ1v) is 7.92. The maximum Gasteiger partial charge on any atom is 0.191 e. The zero-order chi connectivity index (χ0) is 14.7. The summed E-state index contributed by atoms with van der Waals surface area (Å²) in [4.78, 5) is 4.51. The number of nitrogens with one attached hydrogen (secondary N) is 2. The second-order valence-electron chi connectivity index (χ2n) is 6.28. The van der Waals surface area contributed by atoms with Crippen molar-refractivity contribution in [3.05, 3.63) is 29.8 Å². The van der Waals surface area contributed by atoms with E-state index in [1.54, 1.807) is 7.11 Å². The molecule has 2 aliphatic rings. The summed E-state index contributed by atoms with van der Waals surface area (Å²) in [6, 6.07) is 8.90. The number of para-hydroxylation sites is 1. The molecule has 1 aromatic rings. The van der Waals surface area contributed by atoms with Crippen LogP contribution in [0.25, 0.3) is 0 Å². The van der Waals surface area contributed by atoms with Gasteiger partial charge in [0.05, 0.1) is 13.7 Å². The number of nitrogens with zero attached hydrogens (tertiary/aromatic N) is 1. The lowest BCUT2D eigenvalue weighted by atomic mass is 9.78. The molecule has 0 radical (unpaired) electrons. The molecule has 2 N–H and O–H groups in total. The van der Waals surface area contributed by atoms with Crippen molar-refractivity contribution in [2.75, 3.05) is 20.2 Å². The topological polar surface area (TPSA) is 45.6 Å². The summed E-state index contributed by atoms with van der Waals surface area (Å²) in [5.41, 5.74) is 1.51. The highest BCUT2D eigenvalue weighted by molar-refractivity contribution is 5.81. The van der Waals surface area contributed by atoms with Crippen molar-refractivity contribution in [1.29, 1.82) is 0 Å². The Bertz CT molecular complexity index is 521. The zero-order valence-corrected chi connectivity index (χ0v) is 13.0. The van der Waals surface area contributed by atoms with E-state index < -0.39 is 0 Å². The van der Waals surface area contributed by atoms with E-state index in [1.165, 1.54) is 31.2 Å². The first-order valence-electron chi connectivity index (χ1n) is 7.92. The summed E-state index contributed by atoms with van der Waals surface area (Å²) in [5.74, 6) is 1.96. The molecule has 3 rings (SSSR count). The van der Waals surface area contributed by atoms with Crippen LogP contribution in [0.5, 0.6) is 5.75 Å². The normalized spacial score (nSPS) is 23.5.